The molecule has 13 heteroatoms. The van der Waals surface area contributed by atoms with Crippen molar-refractivity contribution in [1.29, 1.82) is 0 Å². The van der Waals surface area contributed by atoms with Gasteiger partial charge in [-0.3, -0.25) is 4.90 Å². The van der Waals surface area contributed by atoms with Crippen LogP contribution in [-0.2, 0) is 32.7 Å². The van der Waals surface area contributed by atoms with E-state index in [1.807, 2.05) is 4.72 Å². The van der Waals surface area contributed by atoms with E-state index in [2.05, 4.69) is 12.6 Å². The van der Waals surface area contributed by atoms with E-state index in [1.54, 1.807) is 48.5 Å². The number of thiol groups is 1. The Balaban J connectivity index is 1.68. The minimum Gasteiger partial charge on any atom is -0.497 e. The number of hydrogen-bond donors (Lipinski definition) is 3. The lowest BCUT2D eigenvalue weighted by Gasteiger charge is -2.35. The van der Waals surface area contributed by atoms with Crippen LogP contribution < -0.4 is 19.9 Å². The second-order valence-electron chi connectivity index (χ2n) is 8.05. The Kier molecular flexibility index (Phi) is 8.93. The number of ether oxygens (including phenoxy) is 4. The van der Waals surface area contributed by atoms with Crippen LogP contribution in [0.4, 0.5) is 9.59 Å². The third-order valence-electron chi connectivity index (χ3n) is 5.75. The molecule has 1 heterocycles. The lowest BCUT2D eigenvalue weighted by molar-refractivity contribution is 0.0851. The van der Waals surface area contributed by atoms with Crippen molar-refractivity contribution < 1.29 is 37.0 Å². The summed E-state index contributed by atoms with van der Waals surface area (Å²) < 4.78 is 49.0. The number of likely N-dealkylation sites (tertiary alicyclic amines) is 1. The zero-order valence-corrected chi connectivity index (χ0v) is 21.6. The first-order chi connectivity index (χ1) is 17.1. The lowest BCUT2D eigenvalue weighted by atomic mass is 10.2. The molecule has 196 valence electrons. The predicted molar refractivity (Wildman–Crippen MR) is 134 cm³/mol. The van der Waals surface area contributed by atoms with Crippen LogP contribution in [0.5, 0.6) is 11.5 Å². The van der Waals surface area contributed by atoms with Gasteiger partial charge < -0.3 is 24.7 Å². The van der Waals surface area contributed by atoms with E-state index in [1.165, 1.54) is 14.2 Å². The first kappa shape index (κ1) is 27.4. The average molecular weight is 540 g/mol. The molecule has 1 saturated heterocycles. The molecular formula is C23H29N3O8S2. The Morgan fingerprint density at radius 1 is 1.00 bits per heavy atom. The summed E-state index contributed by atoms with van der Waals surface area (Å²) in [5.41, 5.74) is 7.17. The van der Waals surface area contributed by atoms with E-state index in [0.29, 0.717) is 22.6 Å². The van der Waals surface area contributed by atoms with Crippen molar-refractivity contribution in [1.82, 2.24) is 9.62 Å². The van der Waals surface area contributed by atoms with Gasteiger partial charge in [0.2, 0.25) is 0 Å². The van der Waals surface area contributed by atoms with Gasteiger partial charge in [-0.1, -0.05) is 24.3 Å². The second kappa shape index (κ2) is 11.7. The molecule has 2 aromatic rings. The highest BCUT2D eigenvalue weighted by Crippen LogP contribution is 2.36. The maximum atomic E-state index is 13.3. The number of hydrogen-bond acceptors (Lipinski definition) is 10. The van der Waals surface area contributed by atoms with E-state index in [-0.39, 0.29) is 26.2 Å². The summed E-state index contributed by atoms with van der Waals surface area (Å²) in [5.74, 6) is 1.26. The van der Waals surface area contributed by atoms with E-state index in [9.17, 15) is 18.0 Å². The first-order valence-corrected chi connectivity index (χ1v) is 12.9. The quantitative estimate of drug-likeness (QED) is 0.408. The van der Waals surface area contributed by atoms with Crippen molar-refractivity contribution in [3.8, 4) is 11.5 Å². The Hall–Kier alpha value is -3.16. The zero-order chi connectivity index (χ0) is 26.3. The highest BCUT2D eigenvalue weighted by molar-refractivity contribution is 7.91. The molecule has 3 N–H and O–H groups in total. The predicted octanol–water partition coefficient (Wildman–Crippen LogP) is 2.26. The largest absolute Gasteiger partial charge is 0.497 e. The summed E-state index contributed by atoms with van der Waals surface area (Å²) in [6, 6.07) is 13.5. The SMILES string of the molecule is COc1ccc(COC(=O)NS(=O)(=O)[C@]2(CN)C[C@H](S)CN2C(=O)OCc2ccc(OC)cc2)cc1. The summed E-state index contributed by atoms with van der Waals surface area (Å²) in [6.07, 6.45) is -2.21. The van der Waals surface area contributed by atoms with Gasteiger partial charge in [-0.15, -0.1) is 0 Å². The Morgan fingerprint density at radius 2 is 1.50 bits per heavy atom. The maximum absolute atomic E-state index is 13.3. The molecule has 0 radical (unpaired) electrons. The Morgan fingerprint density at radius 3 is 1.97 bits per heavy atom. The van der Waals surface area contributed by atoms with E-state index in [4.69, 9.17) is 24.7 Å². The van der Waals surface area contributed by atoms with Gasteiger partial charge in [0.15, 0.2) is 4.87 Å². The number of nitrogens with one attached hydrogen (secondary N) is 1. The Bertz CT molecular complexity index is 1160. The topological polar surface area (TPSA) is 146 Å². The van der Waals surface area contributed by atoms with Crippen molar-refractivity contribution in [2.24, 2.45) is 5.73 Å². The number of nitrogens with zero attached hydrogens (tertiary/aromatic N) is 1. The zero-order valence-electron chi connectivity index (χ0n) is 19.9. The smallest absolute Gasteiger partial charge is 0.421 e. The van der Waals surface area contributed by atoms with Crippen LogP contribution in [0.3, 0.4) is 0 Å². The number of benzene rings is 2. The second-order valence-corrected chi connectivity index (χ2v) is 10.8. The summed E-state index contributed by atoms with van der Waals surface area (Å²) in [7, 11) is -1.46. The molecule has 1 fully saturated rings. The molecule has 0 bridgehead atoms. The summed E-state index contributed by atoms with van der Waals surface area (Å²) in [5, 5.41) is -0.506. The van der Waals surface area contributed by atoms with Crippen LogP contribution in [0, 0.1) is 0 Å². The molecule has 0 unspecified atom stereocenters. The van der Waals surface area contributed by atoms with Crippen LogP contribution in [0.1, 0.15) is 17.5 Å². The van der Waals surface area contributed by atoms with Gasteiger partial charge in [-0.05, 0) is 35.4 Å². The highest BCUT2D eigenvalue weighted by Gasteiger charge is 2.57. The van der Waals surface area contributed by atoms with E-state index >= 15 is 0 Å². The molecular weight excluding hydrogens is 510 g/mol. The molecule has 0 saturated carbocycles. The number of nitrogens with two attached hydrogens (primary N) is 1. The molecule has 1 aliphatic rings. The molecule has 0 spiro atoms. The van der Waals surface area contributed by atoms with Gasteiger partial charge in [0.1, 0.15) is 24.7 Å². The lowest BCUT2D eigenvalue weighted by Crippen LogP contribution is -2.61. The van der Waals surface area contributed by atoms with Crippen molar-refractivity contribution in [2.75, 3.05) is 27.3 Å². The van der Waals surface area contributed by atoms with Crippen molar-refractivity contribution in [2.45, 2.75) is 29.8 Å². The van der Waals surface area contributed by atoms with Gasteiger partial charge in [-0.2, -0.15) is 12.6 Å². The summed E-state index contributed by atoms with van der Waals surface area (Å²) >= 11 is 4.36. The van der Waals surface area contributed by atoms with Gasteiger partial charge in [-0.25, -0.2) is 22.7 Å². The van der Waals surface area contributed by atoms with Crippen LogP contribution >= 0.6 is 12.6 Å². The van der Waals surface area contributed by atoms with Crippen LogP contribution in [0.15, 0.2) is 48.5 Å². The third kappa shape index (κ3) is 6.15. The van der Waals surface area contributed by atoms with Gasteiger partial charge in [0.05, 0.1) is 14.2 Å². The number of methoxy groups -OCH3 is 2. The number of amides is 2. The highest BCUT2D eigenvalue weighted by atomic mass is 32.2. The summed E-state index contributed by atoms with van der Waals surface area (Å²) in [4.78, 5) is 24.3. The van der Waals surface area contributed by atoms with Gasteiger partial charge >= 0.3 is 12.2 Å². The molecule has 3 rings (SSSR count). The fraction of sp³-hybridized carbons (Fsp3) is 0.391. The number of sulfonamides is 1. The standard InChI is InChI=1S/C23H29N3O8S2/c1-31-18-7-3-16(4-8-18)13-33-21(27)25-36(29,30)23(15-24)11-20(35)12-26(23)22(28)34-14-17-5-9-19(32-2)10-6-17/h3-10,20,35H,11-15,24H2,1-2H3,(H,25,27)/t20-,23-/m0/s1. The van der Waals surface area contributed by atoms with Crippen LogP contribution in [-0.4, -0.2) is 62.9 Å². The molecule has 2 atom stereocenters. The van der Waals surface area contributed by atoms with E-state index in [0.717, 1.165) is 4.90 Å². The molecule has 36 heavy (non-hydrogen) atoms. The fourth-order valence-corrected chi connectivity index (χ4v) is 5.90. The van der Waals surface area contributed by atoms with Gasteiger partial charge in [0.25, 0.3) is 10.0 Å². The molecule has 1 aliphatic heterocycles. The number of carbonyl (C=O) groups excluding carboxylic acids is 2. The van der Waals surface area contributed by atoms with Crippen LogP contribution in [0.2, 0.25) is 0 Å². The normalized spacial score (nSPS) is 19.4. The molecule has 0 aromatic heterocycles. The summed E-state index contributed by atoms with van der Waals surface area (Å²) in [6.45, 7) is -0.801. The monoisotopic (exact) mass is 539 g/mol. The third-order valence-corrected chi connectivity index (χ3v) is 8.08. The maximum Gasteiger partial charge on any atom is 0.421 e. The fourth-order valence-electron chi connectivity index (χ4n) is 3.77. The molecule has 0 aliphatic carbocycles. The van der Waals surface area contributed by atoms with Crippen molar-refractivity contribution in [3.05, 3.63) is 59.7 Å². The number of carbonyl (C=O) groups is 2. The first-order valence-electron chi connectivity index (χ1n) is 10.9. The minimum atomic E-state index is -4.51. The Labute approximate surface area is 215 Å². The van der Waals surface area contributed by atoms with Crippen molar-refractivity contribution in [3.63, 3.8) is 0 Å². The number of rotatable bonds is 9. The average Bonchev–Trinajstić information content (AvgIpc) is 3.24. The van der Waals surface area contributed by atoms with Crippen molar-refractivity contribution >= 4 is 34.8 Å². The molecule has 2 amide bonds. The van der Waals surface area contributed by atoms with Gasteiger partial charge in [0, 0.05) is 24.8 Å². The molecule has 11 nitrogen and oxygen atoms in total. The van der Waals surface area contributed by atoms with E-state index < -0.39 is 38.9 Å². The molecule has 2 aromatic carbocycles. The van der Waals surface area contributed by atoms with Crippen LogP contribution in [0.25, 0.3) is 0 Å². The minimum absolute atomic E-state index is 0.0381.